The number of H-pyrrole nitrogens is 1. The van der Waals surface area contributed by atoms with Crippen LogP contribution in [0.5, 0.6) is 17.2 Å². The fourth-order valence-corrected chi connectivity index (χ4v) is 2.57. The van der Waals surface area contributed by atoms with Gasteiger partial charge in [-0.05, 0) is 35.9 Å². The maximum absolute atomic E-state index is 12.4. The van der Waals surface area contributed by atoms with Crippen molar-refractivity contribution in [3.05, 3.63) is 59.8 Å². The molecule has 0 fully saturated rings. The molecule has 0 saturated carbocycles. The number of fused-ring (bicyclic) bond motifs is 1. The first kappa shape index (κ1) is 16.6. The van der Waals surface area contributed by atoms with Gasteiger partial charge in [-0.25, -0.2) is 0 Å². The number of ketones is 1. The number of ether oxygens (including phenoxy) is 3. The average molecular weight is 337 g/mol. The highest BCUT2D eigenvalue weighted by Gasteiger charge is 2.11. The Kier molecular flexibility index (Phi) is 4.75. The molecule has 5 heteroatoms. The molecule has 3 rings (SSSR count). The highest BCUT2D eigenvalue weighted by Crippen LogP contribution is 2.32. The number of nitrogens with one attached hydrogen (secondary N) is 1. The number of hydrogen-bond acceptors (Lipinski definition) is 4. The molecule has 0 aliphatic carbocycles. The second kappa shape index (κ2) is 7.13. The third-order valence-electron chi connectivity index (χ3n) is 3.93. The quantitative estimate of drug-likeness (QED) is 0.544. The van der Waals surface area contributed by atoms with Gasteiger partial charge < -0.3 is 19.2 Å². The zero-order chi connectivity index (χ0) is 17.8. The van der Waals surface area contributed by atoms with Gasteiger partial charge in [0.1, 0.15) is 5.75 Å². The Morgan fingerprint density at radius 3 is 2.24 bits per heavy atom. The van der Waals surface area contributed by atoms with E-state index in [1.165, 1.54) is 0 Å². The number of methoxy groups -OCH3 is 3. The van der Waals surface area contributed by atoms with Gasteiger partial charge in [0.05, 0.1) is 27.0 Å². The van der Waals surface area contributed by atoms with Crippen LogP contribution in [0.1, 0.15) is 16.1 Å². The van der Waals surface area contributed by atoms with Crippen LogP contribution >= 0.6 is 0 Å². The van der Waals surface area contributed by atoms with E-state index in [0.29, 0.717) is 17.2 Å². The SMILES string of the molecule is COc1ccc(/C=C/C(=O)c2cc3cc(OC)c(OC)cc3[nH]2)cc1. The molecule has 25 heavy (non-hydrogen) atoms. The highest BCUT2D eigenvalue weighted by molar-refractivity contribution is 6.08. The zero-order valence-electron chi connectivity index (χ0n) is 14.3. The third kappa shape index (κ3) is 3.50. The van der Waals surface area contributed by atoms with Crippen molar-refractivity contribution in [3.8, 4) is 17.2 Å². The van der Waals surface area contributed by atoms with Crippen LogP contribution in [-0.2, 0) is 0 Å². The Labute approximate surface area is 145 Å². The fourth-order valence-electron chi connectivity index (χ4n) is 2.57. The van der Waals surface area contributed by atoms with Crippen LogP contribution in [0, 0.1) is 0 Å². The molecule has 0 saturated heterocycles. The summed E-state index contributed by atoms with van der Waals surface area (Å²) in [6, 6.07) is 13.0. The number of aromatic nitrogens is 1. The molecule has 0 amide bonds. The zero-order valence-corrected chi connectivity index (χ0v) is 14.3. The highest BCUT2D eigenvalue weighted by atomic mass is 16.5. The number of hydrogen-bond donors (Lipinski definition) is 1. The minimum absolute atomic E-state index is 0.107. The number of allylic oxidation sites excluding steroid dienone is 1. The van der Waals surface area contributed by atoms with E-state index in [1.54, 1.807) is 39.5 Å². The second-order valence-corrected chi connectivity index (χ2v) is 5.45. The van der Waals surface area contributed by atoms with Crippen molar-refractivity contribution < 1.29 is 19.0 Å². The molecule has 1 heterocycles. The minimum atomic E-state index is -0.107. The van der Waals surface area contributed by atoms with Gasteiger partial charge in [0.15, 0.2) is 11.5 Å². The summed E-state index contributed by atoms with van der Waals surface area (Å²) in [6.45, 7) is 0. The van der Waals surface area contributed by atoms with Crippen molar-refractivity contribution in [2.24, 2.45) is 0 Å². The van der Waals surface area contributed by atoms with Gasteiger partial charge in [0, 0.05) is 17.0 Å². The number of benzene rings is 2. The van der Waals surface area contributed by atoms with Gasteiger partial charge in [-0.2, -0.15) is 0 Å². The summed E-state index contributed by atoms with van der Waals surface area (Å²) < 4.78 is 15.7. The maximum Gasteiger partial charge on any atom is 0.202 e. The molecule has 128 valence electrons. The van der Waals surface area contributed by atoms with E-state index in [9.17, 15) is 4.79 Å². The lowest BCUT2D eigenvalue weighted by Crippen LogP contribution is -1.93. The third-order valence-corrected chi connectivity index (χ3v) is 3.93. The Bertz CT molecular complexity index is 882. The van der Waals surface area contributed by atoms with Crippen molar-refractivity contribution in [2.45, 2.75) is 0 Å². The Morgan fingerprint density at radius 1 is 0.920 bits per heavy atom. The molecule has 0 aliphatic rings. The summed E-state index contributed by atoms with van der Waals surface area (Å²) in [6.07, 6.45) is 3.31. The minimum Gasteiger partial charge on any atom is -0.497 e. The van der Waals surface area contributed by atoms with Gasteiger partial charge in [0.25, 0.3) is 0 Å². The summed E-state index contributed by atoms with van der Waals surface area (Å²) in [4.78, 5) is 15.5. The van der Waals surface area contributed by atoms with E-state index in [2.05, 4.69) is 4.98 Å². The van der Waals surface area contributed by atoms with Gasteiger partial charge in [-0.3, -0.25) is 4.79 Å². The van der Waals surface area contributed by atoms with Crippen LogP contribution in [0.25, 0.3) is 17.0 Å². The molecular weight excluding hydrogens is 318 g/mol. The maximum atomic E-state index is 12.4. The molecule has 2 aromatic carbocycles. The van der Waals surface area contributed by atoms with E-state index in [-0.39, 0.29) is 5.78 Å². The Hall–Kier alpha value is -3.21. The van der Waals surface area contributed by atoms with Gasteiger partial charge in [-0.1, -0.05) is 18.2 Å². The topological polar surface area (TPSA) is 60.6 Å². The van der Waals surface area contributed by atoms with E-state index < -0.39 is 0 Å². The second-order valence-electron chi connectivity index (χ2n) is 5.45. The monoisotopic (exact) mass is 337 g/mol. The van der Waals surface area contributed by atoms with Crippen molar-refractivity contribution >= 4 is 22.8 Å². The van der Waals surface area contributed by atoms with Crippen molar-refractivity contribution in [1.82, 2.24) is 4.98 Å². The van der Waals surface area contributed by atoms with Crippen LogP contribution in [-0.4, -0.2) is 32.1 Å². The molecule has 3 aromatic rings. The molecule has 0 atom stereocenters. The first-order valence-corrected chi connectivity index (χ1v) is 7.76. The van der Waals surface area contributed by atoms with E-state index in [4.69, 9.17) is 14.2 Å². The van der Waals surface area contributed by atoms with Gasteiger partial charge in [-0.15, -0.1) is 0 Å². The normalized spacial score (nSPS) is 11.0. The largest absolute Gasteiger partial charge is 0.497 e. The van der Waals surface area contributed by atoms with Gasteiger partial charge in [0.2, 0.25) is 5.78 Å². The van der Waals surface area contributed by atoms with Crippen LogP contribution in [0.15, 0.2) is 48.5 Å². The number of carbonyl (C=O) groups excluding carboxylic acids is 1. The van der Waals surface area contributed by atoms with Crippen LogP contribution in [0.4, 0.5) is 0 Å². The molecule has 0 bridgehead atoms. The lowest BCUT2D eigenvalue weighted by molar-refractivity contribution is 0.104. The number of carbonyl (C=O) groups is 1. The van der Waals surface area contributed by atoms with Crippen LogP contribution in [0.2, 0.25) is 0 Å². The lowest BCUT2D eigenvalue weighted by atomic mass is 10.1. The molecule has 0 spiro atoms. The predicted molar refractivity (Wildman–Crippen MR) is 97.8 cm³/mol. The predicted octanol–water partition coefficient (Wildman–Crippen LogP) is 4.09. The van der Waals surface area contributed by atoms with Crippen LogP contribution in [0.3, 0.4) is 0 Å². The first-order valence-electron chi connectivity index (χ1n) is 7.76. The fraction of sp³-hybridized carbons (Fsp3) is 0.150. The molecule has 5 nitrogen and oxygen atoms in total. The van der Waals surface area contributed by atoms with Crippen LogP contribution < -0.4 is 14.2 Å². The van der Waals surface area contributed by atoms with E-state index in [1.807, 2.05) is 36.4 Å². The lowest BCUT2D eigenvalue weighted by Gasteiger charge is -2.06. The summed E-state index contributed by atoms with van der Waals surface area (Å²) in [5.74, 6) is 1.92. The molecule has 1 aromatic heterocycles. The molecule has 1 N–H and O–H groups in total. The van der Waals surface area contributed by atoms with Crippen molar-refractivity contribution in [3.63, 3.8) is 0 Å². The van der Waals surface area contributed by atoms with Gasteiger partial charge >= 0.3 is 0 Å². The molecular formula is C20H19NO4. The summed E-state index contributed by atoms with van der Waals surface area (Å²) in [5, 5.41) is 0.888. The molecule has 0 radical (unpaired) electrons. The first-order chi connectivity index (χ1) is 12.1. The summed E-state index contributed by atoms with van der Waals surface area (Å²) in [5.41, 5.74) is 2.25. The standard InChI is InChI=1S/C20H19NO4/c1-23-15-7-4-13(5-8-15)6-9-18(22)17-10-14-11-19(24-2)20(25-3)12-16(14)21-17/h4-12,21H,1-3H3/b9-6+. The number of rotatable bonds is 6. The summed E-state index contributed by atoms with van der Waals surface area (Å²) in [7, 11) is 4.78. The van der Waals surface area contributed by atoms with Crippen molar-refractivity contribution in [1.29, 1.82) is 0 Å². The number of aromatic amines is 1. The van der Waals surface area contributed by atoms with E-state index in [0.717, 1.165) is 22.2 Å². The molecule has 0 aliphatic heterocycles. The summed E-state index contributed by atoms with van der Waals surface area (Å²) >= 11 is 0. The average Bonchev–Trinajstić information content (AvgIpc) is 3.08. The van der Waals surface area contributed by atoms with E-state index >= 15 is 0 Å². The smallest absolute Gasteiger partial charge is 0.202 e. The Balaban J connectivity index is 1.84. The van der Waals surface area contributed by atoms with Crippen molar-refractivity contribution in [2.75, 3.05) is 21.3 Å². The molecule has 0 unspecified atom stereocenters. The Morgan fingerprint density at radius 2 is 1.60 bits per heavy atom.